The largest absolute Gasteiger partial charge is 0.462 e. The second-order valence-electron chi connectivity index (χ2n) is 21.3. The van der Waals surface area contributed by atoms with Gasteiger partial charge in [-0.05, 0) is 109 Å². The van der Waals surface area contributed by atoms with E-state index in [-0.39, 0.29) is 31.1 Å². The maximum Gasteiger partial charge on any atom is 0.306 e. The fraction of sp³-hybridized carbons (Fsp3) is 0.806. The van der Waals surface area contributed by atoms with E-state index in [0.29, 0.717) is 19.3 Å². The van der Waals surface area contributed by atoms with Crippen molar-refractivity contribution in [1.29, 1.82) is 0 Å². The predicted octanol–water partition coefficient (Wildman–Crippen LogP) is 21.6. The molecule has 0 aromatic carbocycles. The molecule has 6 heteroatoms. The molecule has 0 aliphatic heterocycles. The molecular weight excluding hydrogens is 901 g/mol. The average molecular weight is 1020 g/mol. The van der Waals surface area contributed by atoms with Crippen molar-refractivity contribution in [2.24, 2.45) is 0 Å². The third-order valence-electron chi connectivity index (χ3n) is 14.0. The van der Waals surface area contributed by atoms with Crippen molar-refractivity contribution in [2.45, 2.75) is 335 Å². The van der Waals surface area contributed by atoms with Crippen molar-refractivity contribution in [3.05, 3.63) is 60.8 Å². The Kier molecular flexibility index (Phi) is 59.2. The van der Waals surface area contributed by atoms with E-state index >= 15 is 0 Å². The van der Waals surface area contributed by atoms with Gasteiger partial charge in [-0.25, -0.2) is 0 Å². The summed E-state index contributed by atoms with van der Waals surface area (Å²) in [4.78, 5) is 38.2. The molecule has 0 spiro atoms. The van der Waals surface area contributed by atoms with Gasteiger partial charge in [0, 0.05) is 19.3 Å². The van der Waals surface area contributed by atoms with Crippen molar-refractivity contribution in [3.63, 3.8) is 0 Å². The molecule has 0 aliphatic rings. The van der Waals surface area contributed by atoms with Gasteiger partial charge >= 0.3 is 17.9 Å². The Labute approximate surface area is 453 Å². The summed E-state index contributed by atoms with van der Waals surface area (Å²) in [5.74, 6) is -0.882. The maximum absolute atomic E-state index is 12.9. The van der Waals surface area contributed by atoms with Crippen LogP contribution in [0.2, 0.25) is 0 Å². The molecule has 0 fully saturated rings. The monoisotopic (exact) mass is 1020 g/mol. The van der Waals surface area contributed by atoms with Crippen LogP contribution in [0.4, 0.5) is 0 Å². The lowest BCUT2D eigenvalue weighted by molar-refractivity contribution is -0.167. The minimum atomic E-state index is -0.782. The van der Waals surface area contributed by atoms with Gasteiger partial charge in [-0.3, -0.25) is 14.4 Å². The summed E-state index contributed by atoms with van der Waals surface area (Å²) >= 11 is 0. The number of hydrogen-bond acceptors (Lipinski definition) is 6. The average Bonchev–Trinajstić information content (AvgIpc) is 3.39. The highest BCUT2D eigenvalue weighted by Crippen LogP contribution is 2.16. The summed E-state index contributed by atoms with van der Waals surface area (Å²) in [6, 6.07) is 0. The van der Waals surface area contributed by atoms with Crippen LogP contribution in [0, 0.1) is 0 Å². The molecule has 1 unspecified atom stereocenters. The first kappa shape index (κ1) is 70.1. The van der Waals surface area contributed by atoms with Gasteiger partial charge in [0.05, 0.1) is 0 Å². The minimum absolute atomic E-state index is 0.0787. The first-order valence-corrected chi connectivity index (χ1v) is 31.8. The molecule has 73 heavy (non-hydrogen) atoms. The highest BCUT2D eigenvalue weighted by molar-refractivity contribution is 5.71. The fourth-order valence-corrected chi connectivity index (χ4v) is 9.15. The van der Waals surface area contributed by atoms with Crippen LogP contribution in [0.25, 0.3) is 0 Å². The van der Waals surface area contributed by atoms with Crippen LogP contribution >= 0.6 is 0 Å². The second-order valence-corrected chi connectivity index (χ2v) is 21.3. The van der Waals surface area contributed by atoms with Gasteiger partial charge in [-0.2, -0.15) is 0 Å². The van der Waals surface area contributed by atoms with Crippen LogP contribution < -0.4 is 0 Å². The highest BCUT2D eigenvalue weighted by Gasteiger charge is 2.19. The Bertz CT molecular complexity index is 1310. The Balaban J connectivity index is 4.27. The summed E-state index contributed by atoms with van der Waals surface area (Å²) in [7, 11) is 0. The van der Waals surface area contributed by atoms with Crippen LogP contribution in [0.1, 0.15) is 329 Å². The molecule has 0 amide bonds. The first-order valence-electron chi connectivity index (χ1n) is 31.8. The number of carbonyl (C=O) groups excluding carboxylic acids is 3. The van der Waals surface area contributed by atoms with Gasteiger partial charge < -0.3 is 14.2 Å². The normalized spacial score (nSPS) is 12.4. The van der Waals surface area contributed by atoms with E-state index < -0.39 is 6.10 Å². The Morgan fingerprint density at radius 1 is 0.274 bits per heavy atom. The summed E-state index contributed by atoms with van der Waals surface area (Å²) in [5.41, 5.74) is 0. The first-order chi connectivity index (χ1) is 36.0. The SMILES string of the molecule is CCCCC/C=C\CCCCCCCC(=O)OCC(COC(=O)CCCCCCCCCCCCCCC/C=C\C/C=C\CCCCCCC)OC(=O)CCCCCCCCC/C=C\C/C=C\CCCCCC. The van der Waals surface area contributed by atoms with Crippen LogP contribution in [-0.4, -0.2) is 37.2 Å². The molecule has 0 saturated heterocycles. The second kappa shape index (κ2) is 61.7. The fourth-order valence-electron chi connectivity index (χ4n) is 9.15. The predicted molar refractivity (Wildman–Crippen MR) is 316 cm³/mol. The van der Waals surface area contributed by atoms with Crippen molar-refractivity contribution in [3.8, 4) is 0 Å². The number of rotatable bonds is 58. The van der Waals surface area contributed by atoms with E-state index in [2.05, 4.69) is 81.5 Å². The Morgan fingerprint density at radius 2 is 0.493 bits per heavy atom. The molecule has 0 radical (unpaired) electrons. The van der Waals surface area contributed by atoms with Crippen LogP contribution in [0.15, 0.2) is 60.8 Å². The molecule has 0 rings (SSSR count). The van der Waals surface area contributed by atoms with Crippen molar-refractivity contribution in [2.75, 3.05) is 13.2 Å². The smallest absolute Gasteiger partial charge is 0.306 e. The van der Waals surface area contributed by atoms with Gasteiger partial charge in [0.2, 0.25) is 0 Å². The molecule has 424 valence electrons. The standard InChI is InChI=1S/C67H120O6/c1-4-7-10-13-16-19-22-25-27-29-31-32-33-34-35-36-37-39-40-42-45-48-51-54-57-60-66(69)72-63-64(62-71-65(68)59-56-53-50-47-44-24-21-18-15-12-9-6-3)73-67(70)61-58-55-52-49-46-43-41-38-30-28-26-23-20-17-14-11-8-5-2/h18,20-23,25,28-31,64H,4-17,19,24,26-27,32-63H2,1-3H3/b21-18-,23-20-,25-22-,30-28-,31-29-. The summed E-state index contributed by atoms with van der Waals surface area (Å²) < 4.78 is 16.9. The molecule has 0 heterocycles. The lowest BCUT2D eigenvalue weighted by atomic mass is 10.0. The van der Waals surface area contributed by atoms with E-state index in [1.165, 1.54) is 205 Å². The molecule has 0 N–H and O–H groups in total. The molecule has 0 bridgehead atoms. The van der Waals surface area contributed by atoms with Gasteiger partial charge in [0.1, 0.15) is 13.2 Å². The number of esters is 3. The molecule has 0 aromatic rings. The number of unbranched alkanes of at least 4 members (excludes halogenated alkanes) is 37. The molecule has 0 aliphatic carbocycles. The van der Waals surface area contributed by atoms with E-state index in [9.17, 15) is 14.4 Å². The van der Waals surface area contributed by atoms with Crippen molar-refractivity contribution in [1.82, 2.24) is 0 Å². The number of ether oxygens (including phenoxy) is 3. The molecular formula is C67H120O6. The molecule has 0 aromatic heterocycles. The van der Waals surface area contributed by atoms with Gasteiger partial charge in [-0.15, -0.1) is 0 Å². The minimum Gasteiger partial charge on any atom is -0.462 e. The summed E-state index contributed by atoms with van der Waals surface area (Å²) in [5, 5.41) is 0. The van der Waals surface area contributed by atoms with Crippen molar-refractivity contribution < 1.29 is 28.6 Å². The molecule has 0 saturated carbocycles. The molecule has 6 nitrogen and oxygen atoms in total. The number of carbonyl (C=O) groups is 3. The quantitative estimate of drug-likeness (QED) is 0.0261. The highest BCUT2D eigenvalue weighted by atomic mass is 16.6. The zero-order chi connectivity index (χ0) is 52.9. The third kappa shape index (κ3) is 59.9. The van der Waals surface area contributed by atoms with Gasteiger partial charge in [0.25, 0.3) is 0 Å². The van der Waals surface area contributed by atoms with E-state index in [4.69, 9.17) is 14.2 Å². The van der Waals surface area contributed by atoms with E-state index in [1.807, 2.05) is 0 Å². The molecule has 1 atom stereocenters. The third-order valence-corrected chi connectivity index (χ3v) is 14.0. The van der Waals surface area contributed by atoms with E-state index in [1.54, 1.807) is 0 Å². The lowest BCUT2D eigenvalue weighted by Gasteiger charge is -2.18. The Hall–Kier alpha value is -2.89. The zero-order valence-corrected chi connectivity index (χ0v) is 48.7. The van der Waals surface area contributed by atoms with Crippen LogP contribution in [0.3, 0.4) is 0 Å². The summed E-state index contributed by atoms with van der Waals surface area (Å²) in [6.45, 7) is 6.61. The van der Waals surface area contributed by atoms with Crippen molar-refractivity contribution >= 4 is 17.9 Å². The van der Waals surface area contributed by atoms with Crippen LogP contribution in [-0.2, 0) is 28.6 Å². The van der Waals surface area contributed by atoms with E-state index in [0.717, 1.165) is 83.5 Å². The number of hydrogen-bond donors (Lipinski definition) is 0. The van der Waals surface area contributed by atoms with Gasteiger partial charge in [-0.1, -0.05) is 261 Å². The summed E-state index contributed by atoms with van der Waals surface area (Å²) in [6.07, 6.45) is 78.0. The maximum atomic E-state index is 12.9. The zero-order valence-electron chi connectivity index (χ0n) is 48.7. The van der Waals surface area contributed by atoms with Gasteiger partial charge in [0.15, 0.2) is 6.10 Å². The topological polar surface area (TPSA) is 78.9 Å². The Morgan fingerprint density at radius 3 is 0.808 bits per heavy atom. The van der Waals surface area contributed by atoms with Crippen LogP contribution in [0.5, 0.6) is 0 Å². The lowest BCUT2D eigenvalue weighted by Crippen LogP contribution is -2.30. The number of allylic oxidation sites excluding steroid dienone is 10.